The van der Waals surface area contributed by atoms with Crippen LogP contribution >= 0.6 is 0 Å². The molecule has 2 aromatic rings. The lowest BCUT2D eigenvalue weighted by molar-refractivity contribution is 0.203. The van der Waals surface area contributed by atoms with E-state index in [-0.39, 0.29) is 0 Å². The maximum absolute atomic E-state index is 9.31. The fourth-order valence-corrected chi connectivity index (χ4v) is 3.18. The van der Waals surface area contributed by atoms with Crippen LogP contribution in [0.4, 0.5) is 11.5 Å². The highest BCUT2D eigenvalue weighted by molar-refractivity contribution is 5.65. The molecule has 0 bridgehead atoms. The van der Waals surface area contributed by atoms with Crippen molar-refractivity contribution in [2.24, 2.45) is 5.92 Å². The first-order chi connectivity index (χ1) is 12.3. The molecular weight excluding hydrogens is 314 g/mol. The number of nitrogens with zero attached hydrogens (tertiary/aromatic N) is 2. The summed E-state index contributed by atoms with van der Waals surface area (Å²) in [6.45, 7) is 5.60. The van der Waals surface area contributed by atoms with E-state index in [1.165, 1.54) is 5.56 Å². The first-order valence-corrected chi connectivity index (χ1v) is 9.06. The molecule has 0 unspecified atom stereocenters. The van der Waals surface area contributed by atoms with E-state index < -0.39 is 0 Å². The standard InChI is InChI=1S/C20H27N3O2/c1-2-25-18-7-5-16(6-8-18)14-22-19-4-3-11-21-20(19)23-12-9-17(15-24)10-13-23/h3-8,11,17,22,24H,2,9-10,12-15H2,1H3. The molecule has 1 aromatic heterocycles. The molecule has 0 spiro atoms. The van der Waals surface area contributed by atoms with Crippen LogP contribution in [0.1, 0.15) is 25.3 Å². The van der Waals surface area contributed by atoms with Crippen LogP contribution < -0.4 is 15.0 Å². The maximum atomic E-state index is 9.31. The zero-order valence-electron chi connectivity index (χ0n) is 14.8. The largest absolute Gasteiger partial charge is 0.494 e. The Morgan fingerprint density at radius 2 is 1.96 bits per heavy atom. The first-order valence-electron chi connectivity index (χ1n) is 9.06. The third-order valence-corrected chi connectivity index (χ3v) is 4.68. The number of benzene rings is 1. The Kier molecular flexibility index (Phi) is 6.12. The van der Waals surface area contributed by atoms with Crippen molar-refractivity contribution >= 4 is 11.5 Å². The molecule has 0 saturated carbocycles. The van der Waals surface area contributed by atoms with Gasteiger partial charge in [-0.3, -0.25) is 0 Å². The molecule has 3 rings (SSSR count). The number of anilines is 2. The molecule has 5 nitrogen and oxygen atoms in total. The lowest BCUT2D eigenvalue weighted by Crippen LogP contribution is -2.35. The van der Waals surface area contributed by atoms with E-state index in [1.807, 2.05) is 31.3 Å². The lowest BCUT2D eigenvalue weighted by Gasteiger charge is -2.33. The molecule has 2 heterocycles. The van der Waals surface area contributed by atoms with Crippen LogP contribution in [-0.4, -0.2) is 36.4 Å². The molecule has 0 atom stereocenters. The van der Waals surface area contributed by atoms with Gasteiger partial charge in [-0.15, -0.1) is 0 Å². The van der Waals surface area contributed by atoms with Crippen molar-refractivity contribution in [2.45, 2.75) is 26.3 Å². The van der Waals surface area contributed by atoms with Crippen molar-refractivity contribution in [2.75, 3.05) is 36.5 Å². The predicted octanol–water partition coefficient (Wildman–Crippen LogP) is 3.30. The monoisotopic (exact) mass is 341 g/mol. The topological polar surface area (TPSA) is 57.6 Å². The number of aliphatic hydroxyl groups excluding tert-OH is 1. The van der Waals surface area contributed by atoms with Gasteiger partial charge in [-0.25, -0.2) is 4.98 Å². The summed E-state index contributed by atoms with van der Waals surface area (Å²) in [7, 11) is 0. The summed E-state index contributed by atoms with van der Waals surface area (Å²) in [6, 6.07) is 12.2. The lowest BCUT2D eigenvalue weighted by atomic mass is 9.98. The smallest absolute Gasteiger partial charge is 0.151 e. The van der Waals surface area contributed by atoms with E-state index in [2.05, 4.69) is 33.4 Å². The SMILES string of the molecule is CCOc1ccc(CNc2cccnc2N2CCC(CO)CC2)cc1. The van der Waals surface area contributed by atoms with Gasteiger partial charge in [0.25, 0.3) is 0 Å². The Bertz CT molecular complexity index is 652. The summed E-state index contributed by atoms with van der Waals surface area (Å²) >= 11 is 0. The molecule has 1 aliphatic heterocycles. The number of hydrogen-bond donors (Lipinski definition) is 2. The number of aliphatic hydroxyl groups is 1. The van der Waals surface area contributed by atoms with E-state index in [9.17, 15) is 5.11 Å². The fourth-order valence-electron chi connectivity index (χ4n) is 3.18. The molecule has 134 valence electrons. The van der Waals surface area contributed by atoms with E-state index in [0.29, 0.717) is 19.1 Å². The summed E-state index contributed by atoms with van der Waals surface area (Å²) in [4.78, 5) is 6.90. The van der Waals surface area contributed by atoms with E-state index in [1.54, 1.807) is 0 Å². The summed E-state index contributed by atoms with van der Waals surface area (Å²) < 4.78 is 5.49. The van der Waals surface area contributed by atoms with Crippen molar-refractivity contribution in [3.8, 4) is 5.75 Å². The summed E-state index contributed by atoms with van der Waals surface area (Å²) in [6.07, 6.45) is 3.88. The highest BCUT2D eigenvalue weighted by Crippen LogP contribution is 2.28. The molecule has 0 radical (unpaired) electrons. The first kappa shape index (κ1) is 17.5. The van der Waals surface area contributed by atoms with Crippen LogP contribution in [0.5, 0.6) is 5.75 Å². The van der Waals surface area contributed by atoms with E-state index in [0.717, 1.165) is 49.7 Å². The van der Waals surface area contributed by atoms with Crippen molar-refractivity contribution in [1.82, 2.24) is 4.98 Å². The summed E-state index contributed by atoms with van der Waals surface area (Å²) in [5.74, 6) is 2.34. The van der Waals surface area contributed by atoms with Gasteiger partial charge in [-0.2, -0.15) is 0 Å². The minimum atomic E-state index is 0.291. The van der Waals surface area contributed by atoms with Gasteiger partial charge in [0.1, 0.15) is 5.75 Å². The van der Waals surface area contributed by atoms with E-state index in [4.69, 9.17) is 4.74 Å². The van der Waals surface area contributed by atoms with Gasteiger partial charge in [0.2, 0.25) is 0 Å². The number of aromatic nitrogens is 1. The number of piperidine rings is 1. The van der Waals surface area contributed by atoms with Crippen LogP contribution in [0.25, 0.3) is 0 Å². The second-order valence-corrected chi connectivity index (χ2v) is 6.42. The molecule has 25 heavy (non-hydrogen) atoms. The van der Waals surface area contributed by atoms with Gasteiger partial charge in [0.05, 0.1) is 12.3 Å². The molecule has 5 heteroatoms. The Balaban J connectivity index is 1.63. The molecular formula is C20H27N3O2. The second kappa shape index (κ2) is 8.72. The molecule has 1 saturated heterocycles. The highest BCUT2D eigenvalue weighted by atomic mass is 16.5. The third kappa shape index (κ3) is 4.63. The fraction of sp³-hybridized carbons (Fsp3) is 0.450. The molecule has 1 aliphatic rings. The van der Waals surface area contributed by atoms with Gasteiger partial charge in [-0.1, -0.05) is 12.1 Å². The Hall–Kier alpha value is -2.27. The van der Waals surface area contributed by atoms with Crippen LogP contribution in [-0.2, 0) is 6.54 Å². The number of pyridine rings is 1. The minimum Gasteiger partial charge on any atom is -0.494 e. The summed E-state index contributed by atoms with van der Waals surface area (Å²) in [5, 5.41) is 12.8. The predicted molar refractivity (Wildman–Crippen MR) is 101 cm³/mol. The highest BCUT2D eigenvalue weighted by Gasteiger charge is 2.21. The Morgan fingerprint density at radius 1 is 1.20 bits per heavy atom. The third-order valence-electron chi connectivity index (χ3n) is 4.68. The second-order valence-electron chi connectivity index (χ2n) is 6.42. The molecule has 2 N–H and O–H groups in total. The number of rotatable bonds is 7. The maximum Gasteiger partial charge on any atom is 0.151 e. The molecule has 0 aliphatic carbocycles. The molecule has 0 amide bonds. The minimum absolute atomic E-state index is 0.291. The van der Waals surface area contributed by atoms with E-state index >= 15 is 0 Å². The number of nitrogens with one attached hydrogen (secondary N) is 1. The quantitative estimate of drug-likeness (QED) is 0.809. The van der Waals surface area contributed by atoms with Crippen molar-refractivity contribution in [3.63, 3.8) is 0 Å². The Labute approximate surface area is 149 Å². The molecule has 1 fully saturated rings. The zero-order chi connectivity index (χ0) is 17.5. The average Bonchev–Trinajstić information content (AvgIpc) is 2.68. The van der Waals surface area contributed by atoms with Gasteiger partial charge in [0, 0.05) is 32.4 Å². The van der Waals surface area contributed by atoms with Gasteiger partial charge >= 0.3 is 0 Å². The molecule has 1 aromatic carbocycles. The summed E-state index contributed by atoms with van der Waals surface area (Å²) in [5.41, 5.74) is 2.26. The van der Waals surface area contributed by atoms with Gasteiger partial charge < -0.3 is 20.1 Å². The zero-order valence-corrected chi connectivity index (χ0v) is 14.8. The van der Waals surface area contributed by atoms with Crippen LogP contribution in [0.2, 0.25) is 0 Å². The number of hydrogen-bond acceptors (Lipinski definition) is 5. The van der Waals surface area contributed by atoms with Crippen LogP contribution in [0.15, 0.2) is 42.6 Å². The number of ether oxygens (including phenoxy) is 1. The van der Waals surface area contributed by atoms with Crippen molar-refractivity contribution in [3.05, 3.63) is 48.2 Å². The van der Waals surface area contributed by atoms with Crippen LogP contribution in [0.3, 0.4) is 0 Å². The Morgan fingerprint density at radius 3 is 2.64 bits per heavy atom. The van der Waals surface area contributed by atoms with Crippen molar-refractivity contribution in [1.29, 1.82) is 0 Å². The normalized spacial score (nSPS) is 15.2. The van der Waals surface area contributed by atoms with Crippen molar-refractivity contribution < 1.29 is 9.84 Å². The van der Waals surface area contributed by atoms with Crippen LogP contribution in [0, 0.1) is 5.92 Å². The average molecular weight is 341 g/mol. The van der Waals surface area contributed by atoms with Gasteiger partial charge in [0.15, 0.2) is 5.82 Å². The van der Waals surface area contributed by atoms with Gasteiger partial charge in [-0.05, 0) is 55.5 Å².